The lowest BCUT2D eigenvalue weighted by atomic mass is 9.76. The number of nitrogens with zero attached hydrogens (tertiary/aromatic N) is 2. The van der Waals surface area contributed by atoms with Crippen molar-refractivity contribution >= 4 is 12.4 Å². The molecule has 2 aromatic rings. The van der Waals surface area contributed by atoms with Crippen molar-refractivity contribution in [3.63, 3.8) is 0 Å². The van der Waals surface area contributed by atoms with Gasteiger partial charge in [0.2, 0.25) is 0 Å². The summed E-state index contributed by atoms with van der Waals surface area (Å²) in [5.41, 5.74) is 1.98. The van der Waals surface area contributed by atoms with Gasteiger partial charge in [-0.1, -0.05) is 109 Å². The molecule has 0 saturated carbocycles. The van der Waals surface area contributed by atoms with Crippen LogP contribution in [0.1, 0.15) is 24.0 Å². The van der Waals surface area contributed by atoms with E-state index in [1.54, 1.807) is 0 Å². The summed E-state index contributed by atoms with van der Waals surface area (Å²) in [5.74, 6) is 0. The van der Waals surface area contributed by atoms with Crippen LogP contribution < -0.4 is 0 Å². The van der Waals surface area contributed by atoms with Crippen LogP contribution in [0.25, 0.3) is 0 Å². The first-order chi connectivity index (χ1) is 13.8. The molecule has 0 fully saturated rings. The molecule has 2 aliphatic rings. The molecule has 2 heteroatoms. The minimum atomic E-state index is -0.241. The van der Waals surface area contributed by atoms with E-state index < -0.39 is 0 Å². The van der Waals surface area contributed by atoms with Crippen LogP contribution in [0.3, 0.4) is 0 Å². The predicted octanol–water partition coefficient (Wildman–Crippen LogP) is 5.95. The van der Waals surface area contributed by atoms with Gasteiger partial charge in [0, 0.05) is 12.4 Å². The predicted molar refractivity (Wildman–Crippen MR) is 119 cm³/mol. The van der Waals surface area contributed by atoms with Gasteiger partial charge in [-0.3, -0.25) is 0 Å². The van der Waals surface area contributed by atoms with Crippen LogP contribution in [0.4, 0.5) is 0 Å². The van der Waals surface area contributed by atoms with Crippen LogP contribution in [-0.4, -0.2) is 12.4 Å². The maximum atomic E-state index is 4.51. The molecule has 0 spiro atoms. The first-order valence-corrected chi connectivity index (χ1v) is 9.72. The Bertz CT molecular complexity index is 883. The molecule has 0 bridgehead atoms. The summed E-state index contributed by atoms with van der Waals surface area (Å²) in [6.07, 6.45) is 22.8. The summed E-state index contributed by atoms with van der Waals surface area (Å²) < 4.78 is 0. The van der Waals surface area contributed by atoms with Gasteiger partial charge in [0.1, 0.15) is 0 Å². The smallest absolute Gasteiger partial charge is 0.0541 e. The maximum absolute atomic E-state index is 4.51. The third kappa shape index (κ3) is 3.72. The lowest BCUT2D eigenvalue weighted by Gasteiger charge is -2.28. The van der Waals surface area contributed by atoms with Crippen molar-refractivity contribution < 1.29 is 0 Å². The van der Waals surface area contributed by atoms with Crippen LogP contribution in [0.15, 0.2) is 119 Å². The summed E-state index contributed by atoms with van der Waals surface area (Å²) in [7, 11) is 0. The maximum Gasteiger partial charge on any atom is 0.0541 e. The van der Waals surface area contributed by atoms with Gasteiger partial charge >= 0.3 is 0 Å². The van der Waals surface area contributed by atoms with Crippen molar-refractivity contribution in [2.24, 2.45) is 10.2 Å². The quantitative estimate of drug-likeness (QED) is 0.462. The fourth-order valence-corrected chi connectivity index (χ4v) is 3.81. The zero-order valence-electron chi connectivity index (χ0n) is 15.9. The molecule has 2 nitrogen and oxygen atoms in total. The van der Waals surface area contributed by atoms with E-state index in [4.69, 9.17) is 0 Å². The van der Waals surface area contributed by atoms with Gasteiger partial charge in [-0.25, -0.2) is 0 Å². The van der Waals surface area contributed by atoms with Crippen LogP contribution >= 0.6 is 0 Å². The fourth-order valence-electron chi connectivity index (χ4n) is 3.81. The number of hydrogen-bond donors (Lipinski definition) is 0. The topological polar surface area (TPSA) is 24.7 Å². The van der Waals surface area contributed by atoms with Gasteiger partial charge in [-0.2, -0.15) is 10.2 Å². The van der Waals surface area contributed by atoms with Gasteiger partial charge in [0.15, 0.2) is 0 Å². The molecule has 2 aliphatic carbocycles. The van der Waals surface area contributed by atoms with E-state index in [0.29, 0.717) is 0 Å². The Kier molecular flexibility index (Phi) is 5.29. The molecule has 0 radical (unpaired) electrons. The van der Waals surface area contributed by atoms with Crippen molar-refractivity contribution in [2.75, 3.05) is 0 Å². The Hall–Kier alpha value is -3.26. The molecule has 0 aliphatic heterocycles. The molecule has 0 heterocycles. The van der Waals surface area contributed by atoms with Crippen LogP contribution in [0.5, 0.6) is 0 Å². The van der Waals surface area contributed by atoms with Gasteiger partial charge in [0.25, 0.3) is 0 Å². The third-order valence-electron chi connectivity index (χ3n) is 5.46. The zero-order valence-corrected chi connectivity index (χ0v) is 15.9. The third-order valence-corrected chi connectivity index (χ3v) is 5.46. The largest absolute Gasteiger partial charge is 0.163 e. The average molecular weight is 364 g/mol. The van der Waals surface area contributed by atoms with E-state index in [0.717, 1.165) is 12.8 Å². The van der Waals surface area contributed by atoms with Crippen molar-refractivity contribution in [2.45, 2.75) is 23.7 Å². The molecule has 0 saturated heterocycles. The first kappa shape index (κ1) is 18.1. The number of benzene rings is 2. The Morgan fingerprint density at radius 3 is 1.36 bits per heavy atom. The number of rotatable bonds is 5. The van der Waals surface area contributed by atoms with Gasteiger partial charge in [0.05, 0.1) is 10.8 Å². The van der Waals surface area contributed by atoms with E-state index in [-0.39, 0.29) is 10.8 Å². The SMILES string of the molecule is C1=CCC(C=NN=CC2(c3ccccc3)C=CC=CC2)(c2ccccc2)C=C1. The standard InChI is InChI=1S/C26H24N2/c1-5-13-23(14-6-1)25(17-9-3-10-18-25)21-27-28-22-26(19-11-4-12-20-26)24-15-7-2-8-16-24/h1-17,19,21-22H,18,20H2. The Labute approximate surface area is 167 Å². The minimum absolute atomic E-state index is 0.241. The van der Waals surface area contributed by atoms with E-state index in [1.807, 2.05) is 24.6 Å². The second-order valence-corrected chi connectivity index (χ2v) is 7.28. The summed E-state index contributed by atoms with van der Waals surface area (Å²) >= 11 is 0. The molecule has 28 heavy (non-hydrogen) atoms. The van der Waals surface area contributed by atoms with E-state index in [9.17, 15) is 0 Å². The Morgan fingerprint density at radius 1 is 0.571 bits per heavy atom. The van der Waals surface area contributed by atoms with Crippen molar-refractivity contribution in [1.29, 1.82) is 0 Å². The lowest BCUT2D eigenvalue weighted by Crippen LogP contribution is -2.27. The molecule has 2 aromatic carbocycles. The first-order valence-electron chi connectivity index (χ1n) is 9.72. The highest BCUT2D eigenvalue weighted by molar-refractivity contribution is 5.81. The number of hydrogen-bond acceptors (Lipinski definition) is 2. The highest BCUT2D eigenvalue weighted by Gasteiger charge is 2.29. The molecule has 0 N–H and O–H groups in total. The molecule has 2 unspecified atom stereocenters. The van der Waals surface area contributed by atoms with Gasteiger partial charge in [-0.15, -0.1) is 0 Å². The van der Waals surface area contributed by atoms with Crippen molar-refractivity contribution in [3.05, 3.63) is 120 Å². The normalized spacial score (nSPS) is 26.4. The molecule has 2 atom stereocenters. The Balaban J connectivity index is 1.62. The summed E-state index contributed by atoms with van der Waals surface area (Å²) in [6.45, 7) is 0. The molecular weight excluding hydrogens is 340 g/mol. The van der Waals surface area contributed by atoms with E-state index in [1.165, 1.54) is 11.1 Å². The van der Waals surface area contributed by atoms with Crippen LogP contribution in [-0.2, 0) is 10.8 Å². The Morgan fingerprint density at radius 2 is 1.00 bits per heavy atom. The molecular formula is C26H24N2. The van der Waals surface area contributed by atoms with Crippen LogP contribution in [0.2, 0.25) is 0 Å². The van der Waals surface area contributed by atoms with Gasteiger partial charge in [-0.05, 0) is 24.0 Å². The molecule has 4 rings (SSSR count). The average Bonchev–Trinajstić information content (AvgIpc) is 2.79. The second kappa shape index (κ2) is 8.18. The highest BCUT2D eigenvalue weighted by Crippen LogP contribution is 2.32. The number of allylic oxidation sites excluding steroid dienone is 8. The van der Waals surface area contributed by atoms with Gasteiger partial charge < -0.3 is 0 Å². The van der Waals surface area contributed by atoms with Crippen molar-refractivity contribution in [1.82, 2.24) is 0 Å². The summed E-state index contributed by atoms with van der Waals surface area (Å²) in [5, 5.41) is 9.02. The fraction of sp³-hybridized carbons (Fsp3) is 0.154. The monoisotopic (exact) mass is 364 g/mol. The lowest BCUT2D eigenvalue weighted by molar-refractivity contribution is 0.724. The second-order valence-electron chi connectivity index (χ2n) is 7.28. The van der Waals surface area contributed by atoms with Crippen molar-refractivity contribution in [3.8, 4) is 0 Å². The summed E-state index contributed by atoms with van der Waals surface area (Å²) in [4.78, 5) is 0. The highest BCUT2D eigenvalue weighted by atomic mass is 15.2. The van der Waals surface area contributed by atoms with Crippen LogP contribution in [0, 0.1) is 0 Å². The molecule has 0 amide bonds. The van der Waals surface area contributed by atoms with E-state index in [2.05, 4.69) is 107 Å². The molecule has 0 aromatic heterocycles. The molecule has 138 valence electrons. The van der Waals surface area contributed by atoms with E-state index >= 15 is 0 Å². The minimum Gasteiger partial charge on any atom is -0.163 e. The summed E-state index contributed by atoms with van der Waals surface area (Å²) in [6, 6.07) is 21.0. The zero-order chi connectivity index (χ0) is 19.1.